The van der Waals surface area contributed by atoms with Crippen molar-refractivity contribution in [2.45, 2.75) is 18.2 Å². The Hall–Kier alpha value is -2.58. The number of methoxy groups -OCH3 is 1. The molecule has 150 valence electrons. The number of benzene rings is 2. The maximum Gasteiger partial charge on any atom is 0.242 e. The lowest BCUT2D eigenvalue weighted by Gasteiger charge is -2.19. The first-order valence-corrected chi connectivity index (χ1v) is 10.4. The lowest BCUT2D eigenvalue weighted by molar-refractivity contribution is -0.116. The van der Waals surface area contributed by atoms with Crippen LogP contribution < -0.4 is 14.4 Å². The van der Waals surface area contributed by atoms with Gasteiger partial charge in [0.1, 0.15) is 18.1 Å². The smallest absolute Gasteiger partial charge is 0.242 e. The Morgan fingerprint density at radius 2 is 1.82 bits per heavy atom. The van der Waals surface area contributed by atoms with Crippen molar-refractivity contribution in [2.75, 3.05) is 38.8 Å². The predicted octanol–water partition coefficient (Wildman–Crippen LogP) is 2.30. The Balaban J connectivity index is 1.64. The van der Waals surface area contributed by atoms with E-state index in [1.54, 1.807) is 54.5 Å². The van der Waals surface area contributed by atoms with Crippen LogP contribution in [0.5, 0.6) is 11.5 Å². The fourth-order valence-corrected chi connectivity index (χ4v) is 4.34. The van der Waals surface area contributed by atoms with Crippen molar-refractivity contribution in [3.8, 4) is 11.5 Å². The SMILES string of the molecule is COc1ccc(OCCN(C)S(=O)(=O)c2ccc3c(c2)CCN3C(C)=O)cc1. The van der Waals surface area contributed by atoms with Crippen LogP contribution >= 0.6 is 0 Å². The van der Waals surface area contributed by atoms with Crippen LogP contribution in [0.3, 0.4) is 0 Å². The number of fused-ring (bicyclic) bond motifs is 1. The topological polar surface area (TPSA) is 76.2 Å². The largest absolute Gasteiger partial charge is 0.497 e. The molecule has 2 aromatic rings. The highest BCUT2D eigenvalue weighted by atomic mass is 32.2. The summed E-state index contributed by atoms with van der Waals surface area (Å²) in [4.78, 5) is 13.5. The number of nitrogens with zero attached hydrogens (tertiary/aromatic N) is 2. The standard InChI is InChI=1S/C20H24N2O5S/c1-15(23)22-11-10-16-14-19(8-9-20(16)22)28(24,25)21(2)12-13-27-18-6-4-17(26-3)5-7-18/h4-9,14H,10-13H2,1-3H3. The zero-order chi connectivity index (χ0) is 20.3. The average molecular weight is 404 g/mol. The third-order valence-electron chi connectivity index (χ3n) is 4.77. The summed E-state index contributed by atoms with van der Waals surface area (Å²) in [7, 11) is -0.514. The highest BCUT2D eigenvalue weighted by molar-refractivity contribution is 7.89. The van der Waals surface area contributed by atoms with Gasteiger partial charge in [-0.2, -0.15) is 4.31 Å². The van der Waals surface area contributed by atoms with E-state index in [2.05, 4.69) is 0 Å². The minimum Gasteiger partial charge on any atom is -0.497 e. The van der Waals surface area contributed by atoms with Crippen LogP contribution in [0.25, 0.3) is 0 Å². The van der Waals surface area contributed by atoms with E-state index in [4.69, 9.17) is 9.47 Å². The van der Waals surface area contributed by atoms with Crippen LogP contribution in [-0.2, 0) is 21.2 Å². The molecule has 0 aromatic heterocycles. The highest BCUT2D eigenvalue weighted by Gasteiger charge is 2.26. The second-order valence-electron chi connectivity index (χ2n) is 6.56. The zero-order valence-electron chi connectivity index (χ0n) is 16.2. The van der Waals surface area contributed by atoms with Crippen molar-refractivity contribution in [2.24, 2.45) is 0 Å². The summed E-state index contributed by atoms with van der Waals surface area (Å²) in [6.45, 7) is 2.53. The molecule has 0 N–H and O–H groups in total. The maximum atomic E-state index is 12.8. The first-order valence-electron chi connectivity index (χ1n) is 8.97. The van der Waals surface area contributed by atoms with Gasteiger partial charge < -0.3 is 14.4 Å². The number of carbonyl (C=O) groups is 1. The number of sulfonamides is 1. The average Bonchev–Trinajstić information content (AvgIpc) is 3.12. The number of hydrogen-bond donors (Lipinski definition) is 0. The van der Waals surface area contributed by atoms with E-state index in [0.717, 1.165) is 17.0 Å². The Morgan fingerprint density at radius 3 is 2.46 bits per heavy atom. The van der Waals surface area contributed by atoms with Gasteiger partial charge in [0.25, 0.3) is 0 Å². The molecule has 0 saturated heterocycles. The summed E-state index contributed by atoms with van der Waals surface area (Å²) in [6, 6.07) is 12.0. The molecule has 0 atom stereocenters. The van der Waals surface area contributed by atoms with Gasteiger partial charge in [-0.3, -0.25) is 4.79 Å². The maximum absolute atomic E-state index is 12.8. The second kappa shape index (κ2) is 8.20. The molecule has 2 aromatic carbocycles. The number of likely N-dealkylation sites (N-methyl/N-ethyl adjacent to an activating group) is 1. The molecule has 1 heterocycles. The molecule has 8 heteroatoms. The summed E-state index contributed by atoms with van der Waals surface area (Å²) in [6.07, 6.45) is 0.655. The lowest BCUT2D eigenvalue weighted by atomic mass is 10.2. The quantitative estimate of drug-likeness (QED) is 0.708. The van der Waals surface area contributed by atoms with E-state index in [1.165, 1.54) is 18.3 Å². The first-order chi connectivity index (χ1) is 13.3. The Labute approximate surface area is 165 Å². The van der Waals surface area contributed by atoms with Crippen LogP contribution in [0.15, 0.2) is 47.4 Å². The summed E-state index contributed by atoms with van der Waals surface area (Å²) >= 11 is 0. The van der Waals surface area contributed by atoms with Crippen molar-refractivity contribution in [3.05, 3.63) is 48.0 Å². The summed E-state index contributed by atoms with van der Waals surface area (Å²) in [5.41, 5.74) is 1.66. The fourth-order valence-electron chi connectivity index (χ4n) is 3.13. The molecule has 0 aliphatic carbocycles. The molecule has 0 radical (unpaired) electrons. The van der Waals surface area contributed by atoms with E-state index in [9.17, 15) is 13.2 Å². The molecule has 28 heavy (non-hydrogen) atoms. The van der Waals surface area contributed by atoms with E-state index < -0.39 is 10.0 Å². The van der Waals surface area contributed by atoms with E-state index in [-0.39, 0.29) is 24.0 Å². The molecule has 0 unspecified atom stereocenters. The molecular weight excluding hydrogens is 380 g/mol. The van der Waals surface area contributed by atoms with Crippen LogP contribution in [0.1, 0.15) is 12.5 Å². The predicted molar refractivity (Wildman–Crippen MR) is 106 cm³/mol. The molecule has 0 bridgehead atoms. The monoisotopic (exact) mass is 404 g/mol. The van der Waals surface area contributed by atoms with Crippen molar-refractivity contribution in [1.82, 2.24) is 4.31 Å². The first kappa shape index (κ1) is 20.2. The minimum absolute atomic E-state index is 0.0397. The van der Waals surface area contributed by atoms with Gasteiger partial charge in [-0.05, 0) is 54.4 Å². The molecular formula is C20H24N2O5S. The number of hydrogen-bond acceptors (Lipinski definition) is 5. The molecule has 1 aliphatic rings. The highest BCUT2D eigenvalue weighted by Crippen LogP contribution is 2.31. The van der Waals surface area contributed by atoms with E-state index >= 15 is 0 Å². The van der Waals surface area contributed by atoms with Gasteiger partial charge in [0.15, 0.2) is 0 Å². The number of anilines is 1. The molecule has 0 fully saturated rings. The third-order valence-corrected chi connectivity index (χ3v) is 6.62. The van der Waals surface area contributed by atoms with Crippen molar-refractivity contribution in [1.29, 1.82) is 0 Å². The van der Waals surface area contributed by atoms with Crippen molar-refractivity contribution >= 4 is 21.6 Å². The van der Waals surface area contributed by atoms with Gasteiger partial charge in [0.2, 0.25) is 15.9 Å². The Bertz CT molecular complexity index is 957. The Kier molecular flexibility index (Phi) is 5.90. The molecule has 1 aliphatic heterocycles. The number of rotatable bonds is 7. The van der Waals surface area contributed by atoms with Gasteiger partial charge >= 0.3 is 0 Å². The van der Waals surface area contributed by atoms with Gasteiger partial charge in [-0.25, -0.2) is 8.42 Å². The summed E-state index contributed by atoms with van der Waals surface area (Å²) in [5.74, 6) is 1.34. The third kappa shape index (κ3) is 4.13. The van der Waals surface area contributed by atoms with Gasteiger partial charge in [-0.15, -0.1) is 0 Å². The Morgan fingerprint density at radius 1 is 1.14 bits per heavy atom. The normalized spacial score (nSPS) is 13.5. The minimum atomic E-state index is -3.63. The van der Waals surface area contributed by atoms with Crippen LogP contribution in [0.4, 0.5) is 5.69 Å². The van der Waals surface area contributed by atoms with Crippen molar-refractivity contribution in [3.63, 3.8) is 0 Å². The molecule has 0 saturated carbocycles. The molecule has 7 nitrogen and oxygen atoms in total. The van der Waals surface area contributed by atoms with Crippen LogP contribution in [0, 0.1) is 0 Å². The van der Waals surface area contributed by atoms with Crippen LogP contribution in [0.2, 0.25) is 0 Å². The summed E-state index contributed by atoms with van der Waals surface area (Å²) in [5, 5.41) is 0. The van der Waals surface area contributed by atoms with Crippen LogP contribution in [-0.4, -0.2) is 52.5 Å². The zero-order valence-corrected chi connectivity index (χ0v) is 17.0. The lowest BCUT2D eigenvalue weighted by Crippen LogP contribution is -2.31. The summed E-state index contributed by atoms with van der Waals surface area (Å²) < 4.78 is 37.7. The van der Waals surface area contributed by atoms with Gasteiger partial charge in [-0.1, -0.05) is 0 Å². The number of carbonyl (C=O) groups excluding carboxylic acids is 1. The number of ether oxygens (including phenoxy) is 2. The van der Waals surface area contributed by atoms with Gasteiger partial charge in [0.05, 0.1) is 12.0 Å². The van der Waals surface area contributed by atoms with Gasteiger partial charge in [0, 0.05) is 32.7 Å². The molecule has 1 amide bonds. The van der Waals surface area contributed by atoms with E-state index in [0.29, 0.717) is 18.7 Å². The molecule has 3 rings (SSSR count). The molecule has 0 spiro atoms. The van der Waals surface area contributed by atoms with E-state index in [1.807, 2.05) is 0 Å². The fraction of sp³-hybridized carbons (Fsp3) is 0.350. The number of amides is 1. The second-order valence-corrected chi connectivity index (χ2v) is 8.61. The van der Waals surface area contributed by atoms with Crippen molar-refractivity contribution < 1.29 is 22.7 Å².